The molecule has 28 heavy (non-hydrogen) atoms. The molecular weight excluding hydrogens is 396 g/mol. The molecule has 6 nitrogen and oxygen atoms in total. The van der Waals surface area contributed by atoms with E-state index >= 15 is 0 Å². The highest BCUT2D eigenvalue weighted by Crippen LogP contribution is 2.42. The maximum atomic E-state index is 13.0. The van der Waals surface area contributed by atoms with Crippen LogP contribution >= 0.6 is 11.3 Å². The maximum Gasteiger partial charge on any atom is 0.263 e. The molecule has 1 fully saturated rings. The van der Waals surface area contributed by atoms with Crippen LogP contribution in [-0.4, -0.2) is 44.1 Å². The van der Waals surface area contributed by atoms with E-state index in [0.29, 0.717) is 39.0 Å². The molecule has 2 aliphatic rings. The number of nitrogens with zero attached hydrogens (tertiary/aromatic N) is 1. The molecule has 1 saturated heterocycles. The first-order valence-electron chi connectivity index (χ1n) is 9.61. The number of piperidine rings is 1. The molecule has 0 aliphatic carbocycles. The average Bonchev–Trinajstić information content (AvgIpc) is 3.12. The third-order valence-electron chi connectivity index (χ3n) is 5.14. The zero-order chi connectivity index (χ0) is 19.7. The van der Waals surface area contributed by atoms with Crippen molar-refractivity contribution in [2.45, 2.75) is 38.8 Å². The SMILES string of the molecule is CCCS(=O)(=O)NC1CCN(C(=O)c2cc3c(s2)-c2ccccc2OC3)CC1. The number of fused-ring (bicyclic) bond motifs is 3. The first kappa shape index (κ1) is 19.4. The van der Waals surface area contributed by atoms with E-state index in [0.717, 1.165) is 26.6 Å². The number of nitrogens with one attached hydrogen (secondary N) is 1. The third-order valence-corrected chi connectivity index (χ3v) is 7.97. The minimum Gasteiger partial charge on any atom is -0.488 e. The number of amides is 1. The summed E-state index contributed by atoms with van der Waals surface area (Å²) in [6.07, 6.45) is 1.89. The smallest absolute Gasteiger partial charge is 0.263 e. The number of hydrogen-bond donors (Lipinski definition) is 1. The normalized spacial score (nSPS) is 17.0. The van der Waals surface area contributed by atoms with Gasteiger partial charge in [-0.05, 0) is 37.5 Å². The number of para-hydroxylation sites is 1. The van der Waals surface area contributed by atoms with E-state index in [9.17, 15) is 13.2 Å². The van der Waals surface area contributed by atoms with Crippen molar-refractivity contribution in [1.29, 1.82) is 0 Å². The summed E-state index contributed by atoms with van der Waals surface area (Å²) in [4.78, 5) is 16.6. The van der Waals surface area contributed by atoms with Gasteiger partial charge in [0.05, 0.1) is 10.6 Å². The number of ether oxygens (including phenoxy) is 1. The second-order valence-corrected chi connectivity index (χ2v) is 10.2. The molecule has 3 heterocycles. The van der Waals surface area contributed by atoms with Crippen LogP contribution in [0.15, 0.2) is 30.3 Å². The number of carbonyl (C=O) groups excluding carboxylic acids is 1. The van der Waals surface area contributed by atoms with E-state index in [4.69, 9.17) is 4.74 Å². The number of benzene rings is 1. The number of likely N-dealkylation sites (tertiary alicyclic amines) is 1. The minimum absolute atomic E-state index is 0.0201. The maximum absolute atomic E-state index is 13.0. The Morgan fingerprint density at radius 1 is 1.29 bits per heavy atom. The van der Waals surface area contributed by atoms with Gasteiger partial charge in [-0.3, -0.25) is 4.79 Å². The second-order valence-electron chi connectivity index (χ2n) is 7.25. The lowest BCUT2D eigenvalue weighted by Crippen LogP contribution is -2.46. The minimum atomic E-state index is -3.22. The summed E-state index contributed by atoms with van der Waals surface area (Å²) in [5, 5.41) is 0. The van der Waals surface area contributed by atoms with Crippen molar-refractivity contribution in [3.8, 4) is 16.2 Å². The molecule has 2 aromatic rings. The van der Waals surface area contributed by atoms with Crippen molar-refractivity contribution >= 4 is 27.3 Å². The highest BCUT2D eigenvalue weighted by molar-refractivity contribution is 7.89. The summed E-state index contributed by atoms with van der Waals surface area (Å²) < 4.78 is 32.4. The van der Waals surface area contributed by atoms with E-state index in [2.05, 4.69) is 4.72 Å². The van der Waals surface area contributed by atoms with Crippen LogP contribution in [0.3, 0.4) is 0 Å². The number of rotatable bonds is 5. The predicted octanol–water partition coefficient (Wildman–Crippen LogP) is 3.24. The quantitative estimate of drug-likeness (QED) is 0.806. The lowest BCUT2D eigenvalue weighted by Gasteiger charge is -2.32. The molecule has 1 aromatic heterocycles. The van der Waals surface area contributed by atoms with E-state index in [-0.39, 0.29) is 17.7 Å². The number of hydrogen-bond acceptors (Lipinski definition) is 5. The van der Waals surface area contributed by atoms with Crippen LogP contribution < -0.4 is 9.46 Å². The molecule has 4 rings (SSSR count). The van der Waals surface area contributed by atoms with Gasteiger partial charge in [-0.25, -0.2) is 13.1 Å². The number of thiophene rings is 1. The van der Waals surface area contributed by atoms with Gasteiger partial charge in [0.1, 0.15) is 12.4 Å². The van der Waals surface area contributed by atoms with Gasteiger partial charge in [0.15, 0.2) is 0 Å². The topological polar surface area (TPSA) is 75.7 Å². The fraction of sp³-hybridized carbons (Fsp3) is 0.450. The zero-order valence-electron chi connectivity index (χ0n) is 15.8. The Hall–Kier alpha value is -1.90. The van der Waals surface area contributed by atoms with E-state index < -0.39 is 10.0 Å². The molecule has 2 aliphatic heterocycles. The fourth-order valence-corrected chi connectivity index (χ4v) is 6.31. The molecule has 1 amide bonds. The lowest BCUT2D eigenvalue weighted by molar-refractivity contribution is 0.0716. The van der Waals surface area contributed by atoms with Crippen molar-refractivity contribution in [2.24, 2.45) is 0 Å². The van der Waals surface area contributed by atoms with E-state index in [1.165, 1.54) is 11.3 Å². The van der Waals surface area contributed by atoms with E-state index in [1.54, 1.807) is 0 Å². The molecule has 0 spiro atoms. The average molecular weight is 421 g/mol. The van der Waals surface area contributed by atoms with Gasteiger partial charge < -0.3 is 9.64 Å². The first-order chi connectivity index (χ1) is 13.5. The van der Waals surface area contributed by atoms with Crippen molar-refractivity contribution in [2.75, 3.05) is 18.8 Å². The Balaban J connectivity index is 1.43. The van der Waals surface area contributed by atoms with Crippen molar-refractivity contribution in [1.82, 2.24) is 9.62 Å². The van der Waals surface area contributed by atoms with Crippen molar-refractivity contribution < 1.29 is 17.9 Å². The Morgan fingerprint density at radius 3 is 2.79 bits per heavy atom. The Morgan fingerprint density at radius 2 is 2.04 bits per heavy atom. The van der Waals surface area contributed by atoms with E-state index in [1.807, 2.05) is 42.2 Å². The Labute approximate surface area is 169 Å². The summed E-state index contributed by atoms with van der Waals surface area (Å²) in [6.45, 7) is 3.46. The van der Waals surface area contributed by atoms with Gasteiger partial charge in [-0.1, -0.05) is 19.1 Å². The van der Waals surface area contributed by atoms with Crippen LogP contribution in [0.25, 0.3) is 10.4 Å². The summed E-state index contributed by atoms with van der Waals surface area (Å²) in [5.74, 6) is 1.03. The lowest BCUT2D eigenvalue weighted by atomic mass is 10.1. The molecule has 150 valence electrons. The number of carbonyl (C=O) groups is 1. The van der Waals surface area contributed by atoms with Gasteiger partial charge in [-0.2, -0.15) is 0 Å². The van der Waals surface area contributed by atoms with Crippen molar-refractivity contribution in [3.05, 3.63) is 40.8 Å². The molecule has 1 N–H and O–H groups in total. The molecule has 0 unspecified atom stereocenters. The monoisotopic (exact) mass is 420 g/mol. The van der Waals surface area contributed by atoms with Crippen LogP contribution in [0.4, 0.5) is 0 Å². The van der Waals surface area contributed by atoms with Crippen LogP contribution in [0, 0.1) is 0 Å². The summed E-state index contributed by atoms with van der Waals surface area (Å²) >= 11 is 1.51. The summed E-state index contributed by atoms with van der Waals surface area (Å²) in [6, 6.07) is 9.74. The molecular formula is C20H24N2O4S2. The molecule has 0 atom stereocenters. The molecule has 0 bridgehead atoms. The summed E-state index contributed by atoms with van der Waals surface area (Å²) in [5.41, 5.74) is 2.09. The Kier molecular flexibility index (Phi) is 5.44. The highest BCUT2D eigenvalue weighted by atomic mass is 32.2. The van der Waals surface area contributed by atoms with Crippen LogP contribution in [0.5, 0.6) is 5.75 Å². The second kappa shape index (κ2) is 7.85. The van der Waals surface area contributed by atoms with Crippen LogP contribution in [0.2, 0.25) is 0 Å². The van der Waals surface area contributed by atoms with Gasteiger partial charge in [0.2, 0.25) is 10.0 Å². The molecule has 8 heteroatoms. The summed E-state index contributed by atoms with van der Waals surface area (Å²) in [7, 11) is -3.22. The molecule has 0 radical (unpaired) electrons. The predicted molar refractivity (Wildman–Crippen MR) is 110 cm³/mol. The molecule has 0 saturated carbocycles. The Bertz CT molecular complexity index is 976. The van der Waals surface area contributed by atoms with Gasteiger partial charge in [-0.15, -0.1) is 11.3 Å². The van der Waals surface area contributed by atoms with Crippen LogP contribution in [0.1, 0.15) is 41.4 Å². The van der Waals surface area contributed by atoms with Crippen LogP contribution in [-0.2, 0) is 16.6 Å². The van der Waals surface area contributed by atoms with Crippen molar-refractivity contribution in [3.63, 3.8) is 0 Å². The highest BCUT2D eigenvalue weighted by Gasteiger charge is 2.29. The van der Waals surface area contributed by atoms with Gasteiger partial charge in [0.25, 0.3) is 5.91 Å². The third kappa shape index (κ3) is 3.94. The first-order valence-corrected chi connectivity index (χ1v) is 12.1. The molecule has 1 aromatic carbocycles. The van der Waals surface area contributed by atoms with Gasteiger partial charge >= 0.3 is 0 Å². The fourth-order valence-electron chi connectivity index (χ4n) is 3.74. The standard InChI is InChI=1S/C20H24N2O4S2/c1-2-11-28(24,25)21-15-7-9-22(10-8-15)20(23)18-12-14-13-26-17-6-4-3-5-16(17)19(14)27-18/h3-6,12,15,21H,2,7-11,13H2,1H3. The van der Waals surface area contributed by atoms with Gasteiger partial charge in [0, 0.05) is 35.1 Å². The zero-order valence-corrected chi connectivity index (χ0v) is 17.4. The number of sulfonamides is 1. The largest absolute Gasteiger partial charge is 0.488 e.